The Morgan fingerprint density at radius 3 is 2.45 bits per heavy atom. The number of benzene rings is 3. The summed E-state index contributed by atoms with van der Waals surface area (Å²) in [4.78, 5) is 29.5. The fraction of sp³-hybridized carbons (Fsp3) is 0.0870. The molecule has 4 aromatic rings. The van der Waals surface area contributed by atoms with Crippen LogP contribution in [-0.2, 0) is 13.6 Å². The molecule has 0 aliphatic carbocycles. The predicted molar refractivity (Wildman–Crippen MR) is 110 cm³/mol. The van der Waals surface area contributed by atoms with Crippen molar-refractivity contribution in [3.8, 4) is 11.3 Å². The summed E-state index contributed by atoms with van der Waals surface area (Å²) in [6.45, 7) is 0.0973. The van der Waals surface area contributed by atoms with Crippen LogP contribution in [0.5, 0.6) is 0 Å². The highest BCUT2D eigenvalue weighted by Gasteiger charge is 2.12. The standard InChI is InChI=1S/C23H18FN3O2/c1-27-20-9-5-4-8-19(20)26-21(23(27)29)15-10-12-16(13-11-15)22(28)25-14-17-6-2-3-7-18(17)24/h2-13H,14H2,1H3,(H,25,28). The van der Waals surface area contributed by atoms with E-state index in [0.29, 0.717) is 22.4 Å². The molecule has 144 valence electrons. The average molecular weight is 387 g/mol. The quantitative estimate of drug-likeness (QED) is 0.581. The van der Waals surface area contributed by atoms with Crippen molar-refractivity contribution in [3.05, 3.63) is 100 Å². The van der Waals surface area contributed by atoms with Gasteiger partial charge in [0.1, 0.15) is 11.5 Å². The van der Waals surface area contributed by atoms with Crippen molar-refractivity contribution in [1.29, 1.82) is 0 Å². The molecule has 5 nitrogen and oxygen atoms in total. The molecule has 6 heteroatoms. The molecule has 1 amide bonds. The van der Waals surface area contributed by atoms with Gasteiger partial charge in [-0.1, -0.05) is 42.5 Å². The Kier molecular flexibility index (Phi) is 4.91. The Balaban J connectivity index is 1.57. The van der Waals surface area contributed by atoms with E-state index in [9.17, 15) is 14.0 Å². The fourth-order valence-corrected chi connectivity index (χ4v) is 3.17. The second-order valence-electron chi connectivity index (χ2n) is 6.66. The summed E-state index contributed by atoms with van der Waals surface area (Å²) in [5.74, 6) is -0.680. The largest absolute Gasteiger partial charge is 0.348 e. The maximum atomic E-state index is 13.7. The van der Waals surface area contributed by atoms with Gasteiger partial charge in [-0.2, -0.15) is 0 Å². The van der Waals surface area contributed by atoms with Crippen LogP contribution in [-0.4, -0.2) is 15.5 Å². The zero-order chi connectivity index (χ0) is 20.4. The highest BCUT2D eigenvalue weighted by atomic mass is 19.1. The van der Waals surface area contributed by atoms with Gasteiger partial charge in [-0.3, -0.25) is 9.59 Å². The minimum absolute atomic E-state index is 0.0973. The number of halogens is 1. The maximum absolute atomic E-state index is 13.7. The lowest BCUT2D eigenvalue weighted by molar-refractivity contribution is 0.0950. The van der Waals surface area contributed by atoms with Crippen LogP contribution in [0, 0.1) is 5.82 Å². The number of aryl methyl sites for hydroxylation is 1. The number of para-hydroxylation sites is 2. The molecule has 0 atom stereocenters. The first-order valence-corrected chi connectivity index (χ1v) is 9.12. The highest BCUT2D eigenvalue weighted by Crippen LogP contribution is 2.18. The lowest BCUT2D eigenvalue weighted by atomic mass is 10.1. The molecule has 1 heterocycles. The first-order chi connectivity index (χ1) is 14.0. The minimum atomic E-state index is -0.360. The van der Waals surface area contributed by atoms with Crippen LogP contribution in [0.15, 0.2) is 77.6 Å². The van der Waals surface area contributed by atoms with Gasteiger partial charge in [0.25, 0.3) is 11.5 Å². The number of nitrogens with one attached hydrogen (secondary N) is 1. The van der Waals surface area contributed by atoms with Crippen molar-refractivity contribution in [2.45, 2.75) is 6.54 Å². The zero-order valence-corrected chi connectivity index (χ0v) is 15.7. The first-order valence-electron chi connectivity index (χ1n) is 9.12. The van der Waals surface area contributed by atoms with Gasteiger partial charge in [0.15, 0.2) is 0 Å². The van der Waals surface area contributed by atoms with Gasteiger partial charge >= 0.3 is 0 Å². The number of hydrogen-bond donors (Lipinski definition) is 1. The molecule has 0 unspecified atom stereocenters. The van der Waals surface area contributed by atoms with Gasteiger partial charge in [-0.15, -0.1) is 0 Å². The Morgan fingerprint density at radius 2 is 1.69 bits per heavy atom. The van der Waals surface area contributed by atoms with Crippen LogP contribution in [0.3, 0.4) is 0 Å². The summed E-state index contributed by atoms with van der Waals surface area (Å²) in [5.41, 5.74) is 3.05. The summed E-state index contributed by atoms with van der Waals surface area (Å²) in [5, 5.41) is 2.70. The number of rotatable bonds is 4. The molecule has 3 aromatic carbocycles. The summed E-state index contributed by atoms with van der Waals surface area (Å²) in [6, 6.07) is 20.4. The molecule has 0 aliphatic rings. The molecule has 0 saturated carbocycles. The summed E-state index contributed by atoms with van der Waals surface area (Å²) >= 11 is 0. The number of carbonyl (C=O) groups is 1. The number of hydrogen-bond acceptors (Lipinski definition) is 3. The second-order valence-corrected chi connectivity index (χ2v) is 6.66. The van der Waals surface area contributed by atoms with E-state index in [1.165, 1.54) is 6.07 Å². The third-order valence-electron chi connectivity index (χ3n) is 4.80. The lowest BCUT2D eigenvalue weighted by Crippen LogP contribution is -2.23. The predicted octanol–water partition coefficient (Wildman–Crippen LogP) is 3.67. The molecule has 29 heavy (non-hydrogen) atoms. The molecule has 0 fully saturated rings. The van der Waals surface area contributed by atoms with Gasteiger partial charge in [0, 0.05) is 30.3 Å². The zero-order valence-electron chi connectivity index (χ0n) is 15.7. The van der Waals surface area contributed by atoms with Gasteiger partial charge < -0.3 is 9.88 Å². The van der Waals surface area contributed by atoms with E-state index in [-0.39, 0.29) is 23.8 Å². The molecular weight excluding hydrogens is 369 g/mol. The third kappa shape index (κ3) is 3.65. The van der Waals surface area contributed by atoms with Crippen LogP contribution in [0.4, 0.5) is 4.39 Å². The minimum Gasteiger partial charge on any atom is -0.348 e. The van der Waals surface area contributed by atoms with Crippen LogP contribution in [0.1, 0.15) is 15.9 Å². The number of fused-ring (bicyclic) bond motifs is 1. The molecule has 0 bridgehead atoms. The maximum Gasteiger partial charge on any atom is 0.277 e. The summed E-state index contributed by atoms with van der Waals surface area (Å²) < 4.78 is 15.2. The Bertz CT molecular complexity index is 1260. The van der Waals surface area contributed by atoms with Crippen molar-refractivity contribution < 1.29 is 9.18 Å². The smallest absolute Gasteiger partial charge is 0.277 e. The van der Waals surface area contributed by atoms with E-state index in [4.69, 9.17) is 0 Å². The van der Waals surface area contributed by atoms with Crippen molar-refractivity contribution in [2.24, 2.45) is 7.05 Å². The van der Waals surface area contributed by atoms with E-state index in [0.717, 1.165) is 11.0 Å². The SMILES string of the molecule is Cn1c(=O)c(-c2ccc(C(=O)NCc3ccccc3F)cc2)nc2ccccc21. The molecule has 0 spiro atoms. The molecule has 1 N–H and O–H groups in total. The molecule has 1 aromatic heterocycles. The fourth-order valence-electron chi connectivity index (χ4n) is 3.17. The number of aromatic nitrogens is 2. The summed E-state index contributed by atoms with van der Waals surface area (Å²) in [6.07, 6.45) is 0. The molecule has 0 aliphatic heterocycles. The van der Waals surface area contributed by atoms with Crippen molar-refractivity contribution in [2.75, 3.05) is 0 Å². The highest BCUT2D eigenvalue weighted by molar-refractivity contribution is 5.94. The van der Waals surface area contributed by atoms with E-state index in [1.807, 2.05) is 24.3 Å². The lowest BCUT2D eigenvalue weighted by Gasteiger charge is -2.09. The molecule has 4 rings (SSSR count). The Labute approximate surface area is 166 Å². The normalized spacial score (nSPS) is 10.8. The van der Waals surface area contributed by atoms with Gasteiger partial charge in [0.2, 0.25) is 0 Å². The average Bonchev–Trinajstić information content (AvgIpc) is 2.75. The molecular formula is C23H18FN3O2. The van der Waals surface area contributed by atoms with Crippen LogP contribution >= 0.6 is 0 Å². The van der Waals surface area contributed by atoms with E-state index in [2.05, 4.69) is 10.3 Å². The van der Waals surface area contributed by atoms with Gasteiger partial charge in [-0.25, -0.2) is 9.37 Å². The van der Waals surface area contributed by atoms with E-state index in [1.54, 1.807) is 54.1 Å². The summed E-state index contributed by atoms with van der Waals surface area (Å²) in [7, 11) is 1.71. The topological polar surface area (TPSA) is 64.0 Å². The van der Waals surface area contributed by atoms with Gasteiger partial charge in [0.05, 0.1) is 11.0 Å². The molecule has 0 saturated heterocycles. The van der Waals surface area contributed by atoms with Gasteiger partial charge in [-0.05, 0) is 30.3 Å². The van der Waals surface area contributed by atoms with Crippen LogP contribution < -0.4 is 10.9 Å². The van der Waals surface area contributed by atoms with Crippen molar-refractivity contribution in [1.82, 2.24) is 14.9 Å². The van der Waals surface area contributed by atoms with Crippen LogP contribution in [0.25, 0.3) is 22.3 Å². The monoisotopic (exact) mass is 387 g/mol. The number of carbonyl (C=O) groups excluding carboxylic acids is 1. The Hall–Kier alpha value is -3.80. The first kappa shape index (κ1) is 18.6. The van der Waals surface area contributed by atoms with E-state index >= 15 is 0 Å². The van der Waals surface area contributed by atoms with Crippen molar-refractivity contribution >= 4 is 16.9 Å². The molecule has 0 radical (unpaired) electrons. The second kappa shape index (κ2) is 7.67. The van der Waals surface area contributed by atoms with Crippen LogP contribution in [0.2, 0.25) is 0 Å². The van der Waals surface area contributed by atoms with E-state index < -0.39 is 0 Å². The van der Waals surface area contributed by atoms with Crippen molar-refractivity contribution in [3.63, 3.8) is 0 Å². The third-order valence-corrected chi connectivity index (χ3v) is 4.80. The number of amides is 1. The number of nitrogens with zero attached hydrogens (tertiary/aromatic N) is 2. The Morgan fingerprint density at radius 1 is 1.00 bits per heavy atom.